The number of carbonyl (C=O) groups excluding carboxylic acids is 1. The first-order valence-electron chi connectivity index (χ1n) is 13.8. The fraction of sp³-hybridized carbons (Fsp3) is 0.242. The molecule has 0 saturated heterocycles. The molecule has 222 valence electrons. The fourth-order valence-electron chi connectivity index (χ4n) is 4.79. The lowest BCUT2D eigenvalue weighted by Crippen LogP contribution is -2.39. The lowest BCUT2D eigenvalue weighted by atomic mass is 9.96. The lowest BCUT2D eigenvalue weighted by molar-refractivity contribution is -0.139. The van der Waals surface area contributed by atoms with Gasteiger partial charge in [0, 0.05) is 9.92 Å². The van der Waals surface area contributed by atoms with Crippen molar-refractivity contribution in [2.45, 2.75) is 38.3 Å². The van der Waals surface area contributed by atoms with Crippen LogP contribution in [0.15, 0.2) is 92.7 Å². The van der Waals surface area contributed by atoms with E-state index >= 15 is 0 Å². The normalized spacial score (nSPS) is 14.7. The van der Waals surface area contributed by atoms with Crippen molar-refractivity contribution in [1.82, 2.24) is 4.57 Å². The van der Waals surface area contributed by atoms with E-state index in [2.05, 4.69) is 4.99 Å². The maximum atomic E-state index is 14.0. The molecule has 1 aliphatic rings. The van der Waals surface area contributed by atoms with Gasteiger partial charge in [-0.05, 0) is 86.2 Å². The second kappa shape index (κ2) is 13.7. The number of aromatic nitrogens is 1. The predicted molar refractivity (Wildman–Crippen MR) is 172 cm³/mol. The third kappa shape index (κ3) is 6.74. The number of nitrogens with zero attached hydrogens (tertiary/aromatic N) is 2. The maximum Gasteiger partial charge on any atom is 0.338 e. The molecule has 0 aliphatic carbocycles. The average Bonchev–Trinajstić information content (AvgIpc) is 3.31. The van der Waals surface area contributed by atoms with E-state index in [0.29, 0.717) is 50.3 Å². The zero-order chi connectivity index (χ0) is 30.5. The quantitative estimate of drug-likeness (QED) is 0.154. The van der Waals surface area contributed by atoms with E-state index in [-0.39, 0.29) is 12.2 Å². The maximum absolute atomic E-state index is 14.0. The first kappa shape index (κ1) is 30.7. The molecule has 1 atom stereocenters. The van der Waals surface area contributed by atoms with Gasteiger partial charge in [-0.25, -0.2) is 9.79 Å². The summed E-state index contributed by atoms with van der Waals surface area (Å²) in [5, 5.41) is 0.667. The molecule has 0 fully saturated rings. The molecule has 7 nitrogen and oxygen atoms in total. The summed E-state index contributed by atoms with van der Waals surface area (Å²) in [7, 11) is 0. The van der Waals surface area contributed by atoms with E-state index in [1.54, 1.807) is 30.2 Å². The third-order valence-electron chi connectivity index (χ3n) is 6.82. The molecule has 0 spiro atoms. The number of thiazole rings is 1. The van der Waals surface area contributed by atoms with Crippen molar-refractivity contribution in [2.75, 3.05) is 19.5 Å². The van der Waals surface area contributed by atoms with Gasteiger partial charge in [0.15, 0.2) is 16.3 Å². The van der Waals surface area contributed by atoms with Gasteiger partial charge in [0.1, 0.15) is 6.61 Å². The topological polar surface area (TPSA) is 79.1 Å². The fourth-order valence-corrected chi connectivity index (χ4v) is 6.37. The number of rotatable bonds is 10. The summed E-state index contributed by atoms with van der Waals surface area (Å²) < 4.78 is 19.4. The van der Waals surface area contributed by atoms with E-state index in [0.717, 1.165) is 21.6 Å². The molecule has 0 bridgehead atoms. The second-order valence-corrected chi connectivity index (χ2v) is 12.0. The number of thioether (sulfide) groups is 1. The van der Waals surface area contributed by atoms with Gasteiger partial charge in [-0.15, -0.1) is 11.8 Å². The highest BCUT2D eigenvalue weighted by Gasteiger charge is 2.33. The molecule has 0 N–H and O–H groups in total. The predicted octanol–water partition coefficient (Wildman–Crippen LogP) is 6.15. The number of hydrogen-bond acceptors (Lipinski definition) is 8. The molecule has 0 unspecified atom stereocenters. The zero-order valence-electron chi connectivity index (χ0n) is 24.3. The van der Waals surface area contributed by atoms with Crippen molar-refractivity contribution < 1.29 is 19.0 Å². The van der Waals surface area contributed by atoms with Crippen LogP contribution in [0.4, 0.5) is 0 Å². The molecule has 3 aromatic carbocycles. The summed E-state index contributed by atoms with van der Waals surface area (Å²) in [5.74, 6) is 0.691. The van der Waals surface area contributed by atoms with Crippen LogP contribution in [0.3, 0.4) is 0 Å². The number of halogens is 1. The number of fused-ring (bicyclic) bond motifs is 1. The first-order valence-corrected chi connectivity index (χ1v) is 16.2. The van der Waals surface area contributed by atoms with Crippen molar-refractivity contribution in [3.05, 3.63) is 119 Å². The van der Waals surface area contributed by atoms with Crippen molar-refractivity contribution in [2.24, 2.45) is 4.99 Å². The van der Waals surface area contributed by atoms with Crippen LogP contribution in [0.25, 0.3) is 6.08 Å². The van der Waals surface area contributed by atoms with Gasteiger partial charge >= 0.3 is 5.97 Å². The highest BCUT2D eigenvalue weighted by molar-refractivity contribution is 7.98. The largest absolute Gasteiger partial charge is 0.490 e. The SMILES string of the molecule is CCOC(=O)C1=C(C)N=c2s/c(=C\c3ccc(OCc4ccc(Cl)cc4)c(OCC)c3)c(=O)n2[C@@H]1c1ccc(SC)cc1. The number of esters is 1. The van der Waals surface area contributed by atoms with Crippen molar-refractivity contribution in [3.63, 3.8) is 0 Å². The van der Waals surface area contributed by atoms with Crippen LogP contribution in [0.1, 0.15) is 43.5 Å². The zero-order valence-corrected chi connectivity index (χ0v) is 26.6. The lowest BCUT2D eigenvalue weighted by Gasteiger charge is -2.24. The molecule has 0 saturated carbocycles. The van der Waals surface area contributed by atoms with E-state index in [4.69, 9.17) is 25.8 Å². The van der Waals surface area contributed by atoms with Gasteiger partial charge in [0.05, 0.1) is 35.1 Å². The average molecular weight is 635 g/mol. The summed E-state index contributed by atoms with van der Waals surface area (Å²) >= 11 is 8.90. The standard InChI is InChI=1S/C33H31ClN2O5S2/c1-5-39-27-17-22(9-16-26(27)41-19-21-7-12-24(34)13-8-21)18-28-31(37)36-30(23-10-14-25(42-4)15-11-23)29(32(38)40-6-2)20(3)35-33(36)43-28/h7-18,30H,5-6,19H2,1-4H3/b28-18-/t30-/m1/s1. The van der Waals surface area contributed by atoms with Gasteiger partial charge in [0.25, 0.3) is 5.56 Å². The minimum atomic E-state index is -0.656. The van der Waals surface area contributed by atoms with E-state index in [9.17, 15) is 9.59 Å². The number of benzene rings is 3. The summed E-state index contributed by atoms with van der Waals surface area (Å²) in [5.41, 5.74) is 3.22. The Hall–Kier alpha value is -3.79. The van der Waals surface area contributed by atoms with Gasteiger partial charge < -0.3 is 14.2 Å². The smallest absolute Gasteiger partial charge is 0.338 e. The minimum absolute atomic E-state index is 0.222. The van der Waals surface area contributed by atoms with Crippen LogP contribution in [0.2, 0.25) is 5.02 Å². The number of carbonyl (C=O) groups is 1. The molecule has 0 amide bonds. The Balaban J connectivity index is 1.54. The van der Waals surface area contributed by atoms with Gasteiger partial charge in [-0.1, -0.05) is 53.3 Å². The molecule has 10 heteroatoms. The summed E-state index contributed by atoms with van der Waals surface area (Å²) in [6.07, 6.45) is 3.81. The van der Waals surface area contributed by atoms with Crippen LogP contribution >= 0.6 is 34.7 Å². The van der Waals surface area contributed by atoms with Gasteiger partial charge in [0.2, 0.25) is 0 Å². The molecule has 1 aliphatic heterocycles. The summed E-state index contributed by atoms with van der Waals surface area (Å²) in [4.78, 5) is 33.4. The minimum Gasteiger partial charge on any atom is -0.490 e. The Morgan fingerprint density at radius 1 is 1.02 bits per heavy atom. The van der Waals surface area contributed by atoms with Crippen molar-refractivity contribution >= 4 is 46.7 Å². The number of hydrogen-bond donors (Lipinski definition) is 0. The third-order valence-corrected chi connectivity index (χ3v) is 8.80. The van der Waals surface area contributed by atoms with E-state index in [1.807, 2.05) is 86.0 Å². The molecule has 2 heterocycles. The Morgan fingerprint density at radius 3 is 2.44 bits per heavy atom. The summed E-state index contributed by atoms with van der Waals surface area (Å²) in [6.45, 7) is 6.48. The van der Waals surface area contributed by atoms with Gasteiger partial charge in [-0.2, -0.15) is 0 Å². The van der Waals surface area contributed by atoms with Crippen molar-refractivity contribution in [1.29, 1.82) is 0 Å². The summed E-state index contributed by atoms with van der Waals surface area (Å²) in [6, 6.07) is 20.3. The van der Waals surface area contributed by atoms with Crippen LogP contribution in [-0.2, 0) is 16.1 Å². The van der Waals surface area contributed by atoms with Crippen LogP contribution < -0.4 is 24.4 Å². The molecular weight excluding hydrogens is 604 g/mol. The van der Waals surface area contributed by atoms with E-state index in [1.165, 1.54) is 11.3 Å². The Bertz CT molecular complexity index is 1840. The van der Waals surface area contributed by atoms with Crippen LogP contribution in [0.5, 0.6) is 11.5 Å². The van der Waals surface area contributed by atoms with Gasteiger partial charge in [-0.3, -0.25) is 9.36 Å². The molecule has 43 heavy (non-hydrogen) atoms. The molecule has 5 rings (SSSR count). The van der Waals surface area contributed by atoms with Crippen LogP contribution in [0, 0.1) is 0 Å². The molecule has 1 aromatic heterocycles. The van der Waals surface area contributed by atoms with E-state index < -0.39 is 12.0 Å². The number of allylic oxidation sites excluding steroid dienone is 1. The Labute approximate surface area is 263 Å². The second-order valence-electron chi connectivity index (χ2n) is 9.63. The highest BCUT2D eigenvalue weighted by atomic mass is 35.5. The first-order chi connectivity index (χ1) is 20.8. The Morgan fingerprint density at radius 2 is 1.77 bits per heavy atom. The van der Waals surface area contributed by atoms with Crippen LogP contribution in [-0.4, -0.2) is 30.0 Å². The monoisotopic (exact) mass is 634 g/mol. The number of ether oxygens (including phenoxy) is 3. The Kier molecular flexibility index (Phi) is 9.75. The highest BCUT2D eigenvalue weighted by Crippen LogP contribution is 2.32. The molecular formula is C33H31ClN2O5S2. The molecule has 0 radical (unpaired) electrons. The van der Waals surface area contributed by atoms with Crippen molar-refractivity contribution in [3.8, 4) is 11.5 Å². The molecule has 4 aromatic rings.